The molecule has 0 bridgehead atoms. The summed E-state index contributed by atoms with van der Waals surface area (Å²) in [6.45, 7) is 0. The number of nitrogens with zero attached hydrogens (tertiary/aromatic N) is 2. The summed E-state index contributed by atoms with van der Waals surface area (Å²) in [6.07, 6.45) is 1.41. The van der Waals surface area contributed by atoms with Crippen molar-refractivity contribution in [3.8, 4) is 17.2 Å². The number of carboxylic acid groups (broad SMARTS) is 1. The van der Waals surface area contributed by atoms with Crippen LogP contribution in [-0.2, 0) is 0 Å². The van der Waals surface area contributed by atoms with Crippen molar-refractivity contribution in [2.45, 2.75) is 0 Å². The van der Waals surface area contributed by atoms with Crippen LogP contribution in [0.1, 0.15) is 16.1 Å². The summed E-state index contributed by atoms with van der Waals surface area (Å²) in [5.41, 5.74) is 1.30. The number of hydrogen-bond donors (Lipinski definition) is 1. The molecule has 0 aliphatic carbocycles. The lowest BCUT2D eigenvalue weighted by Crippen LogP contribution is -2.02. The Balaban J connectivity index is 2.63. The second-order valence-electron chi connectivity index (χ2n) is 3.51. The van der Waals surface area contributed by atoms with Crippen LogP contribution in [0.25, 0.3) is 11.1 Å². The van der Waals surface area contributed by atoms with Crippen molar-refractivity contribution < 1.29 is 9.90 Å². The van der Waals surface area contributed by atoms with E-state index in [1.807, 2.05) is 6.07 Å². The van der Waals surface area contributed by atoms with Gasteiger partial charge in [-0.15, -0.1) is 0 Å². The van der Waals surface area contributed by atoms with E-state index in [0.29, 0.717) is 21.7 Å². The monoisotopic (exact) mass is 258 g/mol. The van der Waals surface area contributed by atoms with E-state index in [0.717, 1.165) is 0 Å². The minimum Gasteiger partial charge on any atom is -0.476 e. The molecule has 0 radical (unpaired) electrons. The molecular weight excluding hydrogens is 252 g/mol. The number of halogens is 1. The van der Waals surface area contributed by atoms with E-state index in [9.17, 15) is 4.79 Å². The highest BCUT2D eigenvalue weighted by Gasteiger charge is 2.13. The molecule has 18 heavy (non-hydrogen) atoms. The predicted molar refractivity (Wildman–Crippen MR) is 66.4 cm³/mol. The van der Waals surface area contributed by atoms with Crippen LogP contribution in [0.3, 0.4) is 0 Å². The minimum absolute atomic E-state index is 0.0521. The first-order valence-electron chi connectivity index (χ1n) is 5.02. The zero-order chi connectivity index (χ0) is 13.1. The molecule has 88 valence electrons. The van der Waals surface area contributed by atoms with Gasteiger partial charge in [0.25, 0.3) is 0 Å². The molecule has 5 heteroatoms. The molecule has 1 heterocycles. The van der Waals surface area contributed by atoms with Crippen LogP contribution in [0, 0.1) is 11.3 Å². The highest BCUT2D eigenvalue weighted by atomic mass is 35.5. The van der Waals surface area contributed by atoms with Crippen LogP contribution in [0.5, 0.6) is 0 Å². The molecule has 0 unspecified atom stereocenters. The van der Waals surface area contributed by atoms with Crippen LogP contribution < -0.4 is 0 Å². The molecule has 0 amide bonds. The lowest BCUT2D eigenvalue weighted by atomic mass is 10.0. The maximum Gasteiger partial charge on any atom is 0.355 e. The second kappa shape index (κ2) is 4.86. The number of carboxylic acids is 1. The third-order valence-electron chi connectivity index (χ3n) is 2.41. The Bertz CT molecular complexity index is 662. The summed E-state index contributed by atoms with van der Waals surface area (Å²) in [5, 5.41) is 18.3. The van der Waals surface area contributed by atoms with Crippen molar-refractivity contribution in [3.63, 3.8) is 0 Å². The summed E-state index contributed by atoms with van der Waals surface area (Å²) in [4.78, 5) is 14.9. The van der Waals surface area contributed by atoms with E-state index in [4.69, 9.17) is 22.0 Å². The van der Waals surface area contributed by atoms with Gasteiger partial charge in [0.15, 0.2) is 5.69 Å². The smallest absolute Gasteiger partial charge is 0.355 e. The van der Waals surface area contributed by atoms with E-state index < -0.39 is 5.97 Å². The van der Waals surface area contributed by atoms with Gasteiger partial charge in [-0.3, -0.25) is 0 Å². The largest absolute Gasteiger partial charge is 0.476 e. The molecule has 0 aliphatic heterocycles. The topological polar surface area (TPSA) is 74.0 Å². The lowest BCUT2D eigenvalue weighted by Gasteiger charge is -2.06. The predicted octanol–water partition coefficient (Wildman–Crippen LogP) is 2.97. The van der Waals surface area contributed by atoms with Gasteiger partial charge in [-0.2, -0.15) is 5.26 Å². The molecule has 0 saturated heterocycles. The molecule has 4 nitrogen and oxygen atoms in total. The number of rotatable bonds is 2. The highest BCUT2D eigenvalue weighted by Crippen LogP contribution is 2.26. The Morgan fingerprint density at radius 1 is 1.39 bits per heavy atom. The zero-order valence-corrected chi connectivity index (χ0v) is 9.85. The Labute approximate surface area is 108 Å². The molecule has 0 fully saturated rings. The Morgan fingerprint density at radius 3 is 2.83 bits per heavy atom. The van der Waals surface area contributed by atoms with Crippen molar-refractivity contribution in [1.82, 2.24) is 4.98 Å². The van der Waals surface area contributed by atoms with E-state index in [-0.39, 0.29) is 5.69 Å². The lowest BCUT2D eigenvalue weighted by molar-refractivity contribution is 0.0691. The van der Waals surface area contributed by atoms with Gasteiger partial charge in [-0.1, -0.05) is 23.7 Å². The normalized spacial score (nSPS) is 9.78. The van der Waals surface area contributed by atoms with Gasteiger partial charge < -0.3 is 5.11 Å². The molecule has 1 N–H and O–H groups in total. The van der Waals surface area contributed by atoms with Gasteiger partial charge in [0.05, 0.1) is 10.6 Å². The first kappa shape index (κ1) is 12.1. The fraction of sp³-hybridized carbons (Fsp3) is 0. The number of aromatic nitrogens is 1. The fourth-order valence-electron chi connectivity index (χ4n) is 1.59. The summed E-state index contributed by atoms with van der Waals surface area (Å²) in [5.74, 6) is -1.11. The van der Waals surface area contributed by atoms with Crippen LogP contribution in [0.4, 0.5) is 0 Å². The number of carbonyl (C=O) groups is 1. The van der Waals surface area contributed by atoms with Crippen molar-refractivity contribution in [1.29, 1.82) is 5.26 Å². The zero-order valence-electron chi connectivity index (χ0n) is 9.09. The Morgan fingerprint density at radius 2 is 2.17 bits per heavy atom. The van der Waals surface area contributed by atoms with E-state index in [2.05, 4.69) is 4.98 Å². The number of pyridine rings is 1. The highest BCUT2D eigenvalue weighted by molar-refractivity contribution is 6.31. The molecule has 0 atom stereocenters. The fourth-order valence-corrected chi connectivity index (χ4v) is 1.75. The number of aromatic carboxylic acids is 1. The van der Waals surface area contributed by atoms with Gasteiger partial charge in [0.1, 0.15) is 6.07 Å². The van der Waals surface area contributed by atoms with E-state index in [1.165, 1.54) is 6.20 Å². The van der Waals surface area contributed by atoms with Crippen LogP contribution in [0.15, 0.2) is 36.5 Å². The summed E-state index contributed by atoms with van der Waals surface area (Å²) >= 11 is 5.83. The summed E-state index contributed by atoms with van der Waals surface area (Å²) < 4.78 is 0. The van der Waals surface area contributed by atoms with Gasteiger partial charge in [0, 0.05) is 11.8 Å². The molecule has 1 aromatic carbocycles. The average Bonchev–Trinajstić information content (AvgIpc) is 2.39. The molecule has 2 rings (SSSR count). The van der Waals surface area contributed by atoms with Crippen molar-refractivity contribution in [2.24, 2.45) is 0 Å². The van der Waals surface area contributed by atoms with Gasteiger partial charge in [0.2, 0.25) is 0 Å². The number of hydrogen-bond acceptors (Lipinski definition) is 3. The van der Waals surface area contributed by atoms with Crippen molar-refractivity contribution in [3.05, 3.63) is 52.8 Å². The number of nitriles is 1. The summed E-state index contributed by atoms with van der Waals surface area (Å²) in [7, 11) is 0. The molecule has 0 spiro atoms. The SMILES string of the molecule is N#Cc1cc(-c2cccnc2C(=O)O)ccc1Cl. The van der Waals surface area contributed by atoms with Crippen LogP contribution in [0.2, 0.25) is 5.02 Å². The second-order valence-corrected chi connectivity index (χ2v) is 3.92. The molecule has 0 saturated carbocycles. The van der Waals surface area contributed by atoms with Crippen LogP contribution >= 0.6 is 11.6 Å². The quantitative estimate of drug-likeness (QED) is 0.899. The summed E-state index contributed by atoms with van der Waals surface area (Å²) in [6, 6.07) is 10.0. The standard InChI is InChI=1S/C13H7ClN2O2/c14-11-4-3-8(6-9(11)7-15)10-2-1-5-16-12(10)13(17)18/h1-6H,(H,17,18). The van der Waals surface area contributed by atoms with Gasteiger partial charge >= 0.3 is 5.97 Å². The molecule has 1 aromatic heterocycles. The van der Waals surface area contributed by atoms with Crippen molar-refractivity contribution >= 4 is 17.6 Å². The molecular formula is C13H7ClN2O2. The Kier molecular flexibility index (Phi) is 3.26. The average molecular weight is 259 g/mol. The first-order chi connectivity index (χ1) is 8.63. The maximum absolute atomic E-state index is 11.1. The minimum atomic E-state index is -1.11. The molecule has 0 aliphatic rings. The number of benzene rings is 1. The van der Waals surface area contributed by atoms with Gasteiger partial charge in [-0.05, 0) is 23.8 Å². The third kappa shape index (κ3) is 2.17. The molecule has 2 aromatic rings. The third-order valence-corrected chi connectivity index (χ3v) is 2.74. The Hall–Kier alpha value is -2.38. The van der Waals surface area contributed by atoms with E-state index in [1.54, 1.807) is 30.3 Å². The van der Waals surface area contributed by atoms with Crippen LogP contribution in [-0.4, -0.2) is 16.1 Å². The van der Waals surface area contributed by atoms with Crippen molar-refractivity contribution in [2.75, 3.05) is 0 Å². The first-order valence-corrected chi connectivity index (χ1v) is 5.39. The van der Waals surface area contributed by atoms with E-state index >= 15 is 0 Å². The van der Waals surface area contributed by atoms with Gasteiger partial charge in [-0.25, -0.2) is 9.78 Å². The maximum atomic E-state index is 11.1.